The third-order valence-corrected chi connectivity index (χ3v) is 3.96. The van der Waals surface area contributed by atoms with Crippen LogP contribution in [-0.4, -0.2) is 15.9 Å². The first-order valence-corrected chi connectivity index (χ1v) is 8.60. The van der Waals surface area contributed by atoms with Crippen molar-refractivity contribution in [2.24, 2.45) is 0 Å². The van der Waals surface area contributed by atoms with Crippen LogP contribution in [0.15, 0.2) is 65.1 Å². The Kier molecular flexibility index (Phi) is 5.40. The van der Waals surface area contributed by atoms with Gasteiger partial charge < -0.3 is 10.6 Å². The molecule has 2 N–H and O–H groups in total. The van der Waals surface area contributed by atoms with Crippen LogP contribution in [0.1, 0.15) is 21.9 Å². The molecule has 1 amide bonds. The highest BCUT2D eigenvalue weighted by atomic mass is 79.9. The third-order valence-electron chi connectivity index (χ3n) is 3.46. The standard InChI is InChI=1S/C19H17BrN4O/c1-13-22-17(19(25)21-12-14-6-3-2-4-7-14)11-18(23-13)24-16-9-5-8-15(20)10-16/h2-11H,12H2,1H3,(H,21,25)(H,22,23,24). The first kappa shape index (κ1) is 17.1. The molecule has 0 aliphatic carbocycles. The van der Waals surface area contributed by atoms with Gasteiger partial charge in [0, 0.05) is 22.8 Å². The van der Waals surface area contributed by atoms with Crippen molar-refractivity contribution in [3.05, 3.63) is 82.2 Å². The number of carbonyl (C=O) groups excluding carboxylic acids is 1. The zero-order valence-corrected chi connectivity index (χ0v) is 15.2. The number of hydrogen-bond donors (Lipinski definition) is 2. The molecule has 0 radical (unpaired) electrons. The molecule has 126 valence electrons. The number of amides is 1. The Labute approximate surface area is 154 Å². The molecule has 0 aliphatic rings. The quantitative estimate of drug-likeness (QED) is 0.677. The van der Waals surface area contributed by atoms with Crippen LogP contribution >= 0.6 is 15.9 Å². The second kappa shape index (κ2) is 7.90. The number of hydrogen-bond acceptors (Lipinski definition) is 4. The van der Waals surface area contributed by atoms with Gasteiger partial charge in [-0.05, 0) is 30.7 Å². The molecule has 3 rings (SSSR count). The van der Waals surface area contributed by atoms with E-state index in [1.807, 2.05) is 54.6 Å². The van der Waals surface area contributed by atoms with Gasteiger partial charge in [0.05, 0.1) is 0 Å². The largest absolute Gasteiger partial charge is 0.347 e. The fourth-order valence-corrected chi connectivity index (χ4v) is 2.73. The monoisotopic (exact) mass is 396 g/mol. The lowest BCUT2D eigenvalue weighted by Gasteiger charge is -2.09. The van der Waals surface area contributed by atoms with Crippen molar-refractivity contribution in [2.75, 3.05) is 5.32 Å². The molecule has 3 aromatic rings. The van der Waals surface area contributed by atoms with Crippen LogP contribution in [0.3, 0.4) is 0 Å². The number of aryl methyl sites for hydroxylation is 1. The molecule has 0 saturated heterocycles. The Hall–Kier alpha value is -2.73. The van der Waals surface area contributed by atoms with Gasteiger partial charge in [0.2, 0.25) is 0 Å². The topological polar surface area (TPSA) is 66.9 Å². The maximum absolute atomic E-state index is 12.4. The van der Waals surface area contributed by atoms with Crippen molar-refractivity contribution in [3.8, 4) is 0 Å². The fraction of sp³-hybridized carbons (Fsp3) is 0.105. The van der Waals surface area contributed by atoms with Crippen LogP contribution < -0.4 is 10.6 Å². The van der Waals surface area contributed by atoms with Crippen molar-refractivity contribution in [1.29, 1.82) is 0 Å². The molecule has 25 heavy (non-hydrogen) atoms. The number of aromatic nitrogens is 2. The summed E-state index contributed by atoms with van der Waals surface area (Å²) in [5.41, 5.74) is 2.25. The van der Waals surface area contributed by atoms with Gasteiger partial charge in [0.1, 0.15) is 17.3 Å². The van der Waals surface area contributed by atoms with Crippen molar-refractivity contribution in [3.63, 3.8) is 0 Å². The van der Waals surface area contributed by atoms with E-state index >= 15 is 0 Å². The fourth-order valence-electron chi connectivity index (χ4n) is 2.33. The molecule has 6 heteroatoms. The van der Waals surface area contributed by atoms with E-state index in [1.165, 1.54) is 0 Å². The highest BCUT2D eigenvalue weighted by molar-refractivity contribution is 9.10. The number of anilines is 2. The van der Waals surface area contributed by atoms with Crippen LogP contribution in [-0.2, 0) is 6.54 Å². The van der Waals surface area contributed by atoms with Gasteiger partial charge in [-0.25, -0.2) is 9.97 Å². The zero-order valence-electron chi connectivity index (χ0n) is 13.7. The summed E-state index contributed by atoms with van der Waals surface area (Å²) in [6, 6.07) is 19.1. The van der Waals surface area contributed by atoms with Crippen LogP contribution in [0.25, 0.3) is 0 Å². The van der Waals surface area contributed by atoms with Crippen LogP contribution in [0.4, 0.5) is 11.5 Å². The second-order valence-corrected chi connectivity index (χ2v) is 6.40. The molecule has 0 aliphatic heterocycles. The first-order chi connectivity index (χ1) is 12.1. The highest BCUT2D eigenvalue weighted by Gasteiger charge is 2.10. The van der Waals surface area contributed by atoms with Gasteiger partial charge in [-0.15, -0.1) is 0 Å². The Morgan fingerprint density at radius 1 is 1.04 bits per heavy atom. The highest BCUT2D eigenvalue weighted by Crippen LogP contribution is 2.19. The molecule has 0 atom stereocenters. The van der Waals surface area contributed by atoms with Gasteiger partial charge in [0.15, 0.2) is 0 Å². The molecule has 0 saturated carbocycles. The van der Waals surface area contributed by atoms with E-state index in [1.54, 1.807) is 13.0 Å². The van der Waals surface area contributed by atoms with Gasteiger partial charge in [0.25, 0.3) is 5.91 Å². The Balaban J connectivity index is 1.73. The number of carbonyl (C=O) groups is 1. The Morgan fingerprint density at radius 2 is 1.84 bits per heavy atom. The van der Waals surface area contributed by atoms with Gasteiger partial charge >= 0.3 is 0 Å². The summed E-state index contributed by atoms with van der Waals surface area (Å²) in [5, 5.41) is 6.07. The molecule has 2 aromatic carbocycles. The SMILES string of the molecule is Cc1nc(Nc2cccc(Br)c2)cc(C(=O)NCc2ccccc2)n1. The van der Waals surface area contributed by atoms with Crippen molar-refractivity contribution >= 4 is 33.3 Å². The predicted octanol–water partition coefficient (Wildman–Crippen LogP) is 4.22. The van der Waals surface area contributed by atoms with Crippen molar-refractivity contribution < 1.29 is 4.79 Å². The number of halogens is 1. The minimum Gasteiger partial charge on any atom is -0.347 e. The number of rotatable bonds is 5. The zero-order chi connectivity index (χ0) is 17.6. The number of nitrogens with one attached hydrogen (secondary N) is 2. The summed E-state index contributed by atoms with van der Waals surface area (Å²) in [5.74, 6) is 0.881. The van der Waals surface area contributed by atoms with Gasteiger partial charge in [-0.2, -0.15) is 0 Å². The van der Waals surface area contributed by atoms with Crippen LogP contribution in [0.5, 0.6) is 0 Å². The lowest BCUT2D eigenvalue weighted by molar-refractivity contribution is 0.0945. The summed E-state index contributed by atoms with van der Waals surface area (Å²) in [4.78, 5) is 21.0. The van der Waals surface area contributed by atoms with E-state index in [0.717, 1.165) is 15.7 Å². The average molecular weight is 397 g/mol. The average Bonchev–Trinajstić information content (AvgIpc) is 2.60. The van der Waals surface area contributed by atoms with E-state index in [9.17, 15) is 4.79 Å². The second-order valence-electron chi connectivity index (χ2n) is 5.49. The predicted molar refractivity (Wildman–Crippen MR) is 102 cm³/mol. The lowest BCUT2D eigenvalue weighted by atomic mass is 10.2. The molecule has 0 bridgehead atoms. The minimum absolute atomic E-state index is 0.230. The molecule has 0 spiro atoms. The molecule has 5 nitrogen and oxygen atoms in total. The van der Waals surface area contributed by atoms with Crippen molar-refractivity contribution in [1.82, 2.24) is 15.3 Å². The third kappa shape index (κ3) is 4.87. The van der Waals surface area contributed by atoms with Gasteiger partial charge in [-0.1, -0.05) is 52.3 Å². The molecule has 1 heterocycles. The van der Waals surface area contributed by atoms with E-state index < -0.39 is 0 Å². The summed E-state index contributed by atoms with van der Waals surface area (Å²) in [6.45, 7) is 2.22. The lowest BCUT2D eigenvalue weighted by Crippen LogP contribution is -2.24. The summed E-state index contributed by atoms with van der Waals surface area (Å²) >= 11 is 3.43. The molecular formula is C19H17BrN4O. The van der Waals surface area contributed by atoms with Gasteiger partial charge in [-0.3, -0.25) is 4.79 Å². The maximum Gasteiger partial charge on any atom is 0.270 e. The van der Waals surface area contributed by atoms with Crippen LogP contribution in [0.2, 0.25) is 0 Å². The minimum atomic E-state index is -0.230. The molecular weight excluding hydrogens is 380 g/mol. The first-order valence-electron chi connectivity index (χ1n) is 7.80. The summed E-state index contributed by atoms with van der Waals surface area (Å²) in [7, 11) is 0. The normalized spacial score (nSPS) is 10.3. The Morgan fingerprint density at radius 3 is 2.60 bits per heavy atom. The van der Waals surface area contributed by atoms with Crippen molar-refractivity contribution in [2.45, 2.75) is 13.5 Å². The molecule has 1 aromatic heterocycles. The van der Waals surface area contributed by atoms with E-state index in [2.05, 4.69) is 36.5 Å². The Bertz CT molecular complexity index is 884. The van der Waals surface area contributed by atoms with E-state index in [-0.39, 0.29) is 5.91 Å². The molecule has 0 fully saturated rings. The van der Waals surface area contributed by atoms with E-state index in [0.29, 0.717) is 23.9 Å². The summed E-state index contributed by atoms with van der Waals surface area (Å²) in [6.07, 6.45) is 0. The molecule has 0 unspecified atom stereocenters. The number of nitrogens with zero attached hydrogens (tertiary/aromatic N) is 2. The smallest absolute Gasteiger partial charge is 0.270 e. The van der Waals surface area contributed by atoms with E-state index in [4.69, 9.17) is 0 Å². The van der Waals surface area contributed by atoms with Crippen LogP contribution in [0, 0.1) is 6.92 Å². The number of benzene rings is 2. The summed E-state index contributed by atoms with van der Waals surface area (Å²) < 4.78 is 0.962. The maximum atomic E-state index is 12.4.